The Hall–Kier alpha value is -2.38. The van der Waals surface area contributed by atoms with Gasteiger partial charge in [0, 0.05) is 11.4 Å². The number of aryl methyl sites for hydroxylation is 2. The van der Waals surface area contributed by atoms with Crippen LogP contribution in [0.15, 0.2) is 29.1 Å². The van der Waals surface area contributed by atoms with E-state index in [1.54, 1.807) is 29.9 Å². The molecule has 7 heteroatoms. The van der Waals surface area contributed by atoms with Crippen LogP contribution >= 0.6 is 11.3 Å². The molecule has 2 N–H and O–H groups in total. The number of hydrogen-bond acceptors (Lipinski definition) is 6. The van der Waals surface area contributed by atoms with E-state index in [1.165, 1.54) is 23.3 Å². The third kappa shape index (κ3) is 3.52. The SMILES string of the molecule is COc1ccc(-n2c(NC[C@@H](C)O)nc3sc4c(c3c2=O)CCCCC4)cc1. The maximum absolute atomic E-state index is 13.6. The maximum Gasteiger partial charge on any atom is 0.268 e. The van der Waals surface area contributed by atoms with Gasteiger partial charge in [-0.15, -0.1) is 11.3 Å². The number of fused-ring (bicyclic) bond motifs is 3. The van der Waals surface area contributed by atoms with Gasteiger partial charge in [-0.3, -0.25) is 4.79 Å². The average Bonchev–Trinajstić information content (AvgIpc) is 2.88. The van der Waals surface area contributed by atoms with E-state index in [2.05, 4.69) is 5.32 Å². The molecule has 4 rings (SSSR count). The zero-order valence-corrected chi connectivity index (χ0v) is 17.0. The highest BCUT2D eigenvalue weighted by atomic mass is 32.1. The Morgan fingerprint density at radius 1 is 1.25 bits per heavy atom. The van der Waals surface area contributed by atoms with Crippen LogP contribution < -0.4 is 15.6 Å². The molecule has 0 amide bonds. The Balaban J connectivity index is 1.92. The van der Waals surface area contributed by atoms with Crippen molar-refractivity contribution in [1.29, 1.82) is 0 Å². The van der Waals surface area contributed by atoms with Crippen molar-refractivity contribution in [2.45, 2.75) is 45.1 Å². The summed E-state index contributed by atoms with van der Waals surface area (Å²) in [4.78, 5) is 20.5. The van der Waals surface area contributed by atoms with Crippen LogP contribution in [-0.2, 0) is 12.8 Å². The fraction of sp³-hybridized carbons (Fsp3) is 0.429. The number of hydrogen-bond donors (Lipinski definition) is 2. The first-order chi connectivity index (χ1) is 13.6. The molecular formula is C21H25N3O3S. The van der Waals surface area contributed by atoms with Gasteiger partial charge in [0.2, 0.25) is 5.95 Å². The van der Waals surface area contributed by atoms with E-state index in [0.717, 1.165) is 40.9 Å². The number of thiophene rings is 1. The second kappa shape index (κ2) is 7.93. The van der Waals surface area contributed by atoms with Crippen molar-refractivity contribution < 1.29 is 9.84 Å². The van der Waals surface area contributed by atoms with Crippen LogP contribution in [0, 0.1) is 0 Å². The van der Waals surface area contributed by atoms with Crippen molar-refractivity contribution in [3.8, 4) is 11.4 Å². The number of nitrogens with one attached hydrogen (secondary N) is 1. The molecule has 1 aromatic carbocycles. The van der Waals surface area contributed by atoms with E-state index < -0.39 is 6.10 Å². The average molecular weight is 400 g/mol. The highest BCUT2D eigenvalue weighted by Gasteiger charge is 2.22. The molecule has 0 bridgehead atoms. The third-order valence-corrected chi connectivity index (χ3v) is 6.31. The van der Waals surface area contributed by atoms with Crippen molar-refractivity contribution in [1.82, 2.24) is 9.55 Å². The minimum absolute atomic E-state index is 0.0531. The highest BCUT2D eigenvalue weighted by molar-refractivity contribution is 7.18. The molecule has 3 aromatic rings. The van der Waals surface area contributed by atoms with E-state index in [4.69, 9.17) is 9.72 Å². The number of aliphatic hydroxyl groups excluding tert-OH is 1. The fourth-order valence-electron chi connectivity index (χ4n) is 3.71. The number of aromatic nitrogens is 2. The molecule has 148 valence electrons. The summed E-state index contributed by atoms with van der Waals surface area (Å²) in [7, 11) is 1.62. The molecule has 0 radical (unpaired) electrons. The summed E-state index contributed by atoms with van der Waals surface area (Å²) in [5.74, 6) is 1.19. The van der Waals surface area contributed by atoms with Crippen molar-refractivity contribution in [2.75, 3.05) is 19.0 Å². The molecule has 1 aliphatic carbocycles. The highest BCUT2D eigenvalue weighted by Crippen LogP contribution is 2.34. The second-order valence-corrected chi connectivity index (χ2v) is 8.33. The summed E-state index contributed by atoms with van der Waals surface area (Å²) in [6.45, 7) is 2.02. The number of ether oxygens (including phenoxy) is 1. The van der Waals surface area contributed by atoms with E-state index in [0.29, 0.717) is 12.5 Å². The predicted octanol–water partition coefficient (Wildman–Crippen LogP) is 3.52. The van der Waals surface area contributed by atoms with Gasteiger partial charge in [0.05, 0.1) is 24.3 Å². The van der Waals surface area contributed by atoms with E-state index in [9.17, 15) is 9.90 Å². The van der Waals surface area contributed by atoms with Gasteiger partial charge in [-0.2, -0.15) is 0 Å². The largest absolute Gasteiger partial charge is 0.497 e. The van der Waals surface area contributed by atoms with Gasteiger partial charge >= 0.3 is 0 Å². The molecule has 0 fully saturated rings. The first-order valence-electron chi connectivity index (χ1n) is 9.72. The molecule has 0 unspecified atom stereocenters. The number of nitrogens with zero attached hydrogens (tertiary/aromatic N) is 2. The van der Waals surface area contributed by atoms with E-state index in [1.807, 2.05) is 24.3 Å². The third-order valence-electron chi connectivity index (χ3n) is 5.13. The molecule has 0 spiro atoms. The molecule has 1 atom stereocenters. The number of benzene rings is 1. The first-order valence-corrected chi connectivity index (χ1v) is 10.5. The van der Waals surface area contributed by atoms with Crippen LogP contribution in [0.1, 0.15) is 36.6 Å². The van der Waals surface area contributed by atoms with Gasteiger partial charge in [-0.1, -0.05) is 6.42 Å². The minimum atomic E-state index is -0.544. The van der Waals surface area contributed by atoms with Gasteiger partial charge < -0.3 is 15.2 Å². The smallest absolute Gasteiger partial charge is 0.268 e. The predicted molar refractivity (Wildman–Crippen MR) is 113 cm³/mol. The Morgan fingerprint density at radius 3 is 2.71 bits per heavy atom. The Labute approximate surface area is 167 Å². The lowest BCUT2D eigenvalue weighted by Crippen LogP contribution is -2.26. The fourth-order valence-corrected chi connectivity index (χ4v) is 4.96. The summed E-state index contributed by atoms with van der Waals surface area (Å²) in [6.07, 6.45) is 4.90. The van der Waals surface area contributed by atoms with Crippen LogP contribution in [-0.4, -0.2) is 34.4 Å². The van der Waals surface area contributed by atoms with Crippen molar-refractivity contribution in [3.05, 3.63) is 45.1 Å². The summed E-state index contributed by atoms with van der Waals surface area (Å²) < 4.78 is 6.85. The van der Waals surface area contributed by atoms with Gasteiger partial charge in [0.25, 0.3) is 5.56 Å². The van der Waals surface area contributed by atoms with E-state index >= 15 is 0 Å². The number of rotatable bonds is 5. The van der Waals surface area contributed by atoms with Gasteiger partial charge in [-0.25, -0.2) is 9.55 Å². The lowest BCUT2D eigenvalue weighted by atomic mass is 10.1. The van der Waals surface area contributed by atoms with Crippen LogP contribution in [0.25, 0.3) is 15.9 Å². The summed E-state index contributed by atoms with van der Waals surface area (Å²) >= 11 is 1.64. The molecule has 28 heavy (non-hydrogen) atoms. The molecule has 2 aromatic heterocycles. The quantitative estimate of drug-likeness (QED) is 0.642. The van der Waals surface area contributed by atoms with Crippen LogP contribution in [0.4, 0.5) is 5.95 Å². The molecule has 6 nitrogen and oxygen atoms in total. The van der Waals surface area contributed by atoms with Crippen LogP contribution in [0.3, 0.4) is 0 Å². The monoisotopic (exact) mass is 399 g/mol. The molecular weight excluding hydrogens is 374 g/mol. The topological polar surface area (TPSA) is 76.4 Å². The summed E-state index contributed by atoms with van der Waals surface area (Å²) in [5.41, 5.74) is 1.85. The van der Waals surface area contributed by atoms with Crippen LogP contribution in [0.5, 0.6) is 5.75 Å². The lowest BCUT2D eigenvalue weighted by molar-refractivity contribution is 0.208. The Bertz CT molecular complexity index is 1040. The van der Waals surface area contributed by atoms with Crippen molar-refractivity contribution in [2.24, 2.45) is 0 Å². The van der Waals surface area contributed by atoms with Crippen molar-refractivity contribution in [3.63, 3.8) is 0 Å². The second-order valence-electron chi connectivity index (χ2n) is 7.25. The molecule has 2 heterocycles. The number of methoxy groups -OCH3 is 1. The van der Waals surface area contributed by atoms with Gasteiger partial charge in [0.1, 0.15) is 10.6 Å². The number of aliphatic hydroxyl groups is 1. The normalized spacial score (nSPS) is 15.1. The molecule has 0 aliphatic heterocycles. The maximum atomic E-state index is 13.6. The van der Waals surface area contributed by atoms with E-state index in [-0.39, 0.29) is 5.56 Å². The Kier molecular flexibility index (Phi) is 5.37. The van der Waals surface area contributed by atoms with Crippen LogP contribution in [0.2, 0.25) is 0 Å². The Morgan fingerprint density at radius 2 is 2.00 bits per heavy atom. The standard InChI is InChI=1S/C21H25N3O3S/c1-13(25)12-22-21-23-19-18(16-6-4-3-5-7-17(16)28-19)20(26)24(21)14-8-10-15(27-2)11-9-14/h8-11,13,25H,3-7,12H2,1-2H3,(H,22,23)/t13-/m1/s1. The number of anilines is 1. The first kappa shape index (κ1) is 19.0. The van der Waals surface area contributed by atoms with Gasteiger partial charge in [0.15, 0.2) is 0 Å². The molecule has 1 aliphatic rings. The zero-order chi connectivity index (χ0) is 19.7. The van der Waals surface area contributed by atoms with Crippen molar-refractivity contribution >= 4 is 27.5 Å². The zero-order valence-electron chi connectivity index (χ0n) is 16.2. The molecule has 0 saturated carbocycles. The lowest BCUT2D eigenvalue weighted by Gasteiger charge is -2.15. The minimum Gasteiger partial charge on any atom is -0.497 e. The van der Waals surface area contributed by atoms with Gasteiger partial charge in [-0.05, 0) is 62.4 Å². The summed E-state index contributed by atoms with van der Waals surface area (Å²) in [5, 5.41) is 13.6. The summed E-state index contributed by atoms with van der Waals surface area (Å²) in [6, 6.07) is 7.37. The molecule has 0 saturated heterocycles.